The van der Waals surface area contributed by atoms with Crippen LogP contribution >= 0.6 is 0 Å². The zero-order valence-electron chi connectivity index (χ0n) is 13.3. The highest BCUT2D eigenvalue weighted by Gasteiger charge is 2.23. The van der Waals surface area contributed by atoms with Gasteiger partial charge in [-0.3, -0.25) is 0 Å². The summed E-state index contributed by atoms with van der Waals surface area (Å²) >= 11 is 0. The van der Waals surface area contributed by atoms with Crippen molar-refractivity contribution in [1.29, 1.82) is 0 Å². The maximum Gasteiger partial charge on any atom is 0.408 e. The molecule has 0 aliphatic carbocycles. The Morgan fingerprint density at radius 1 is 1.04 bits per heavy atom. The summed E-state index contributed by atoms with van der Waals surface area (Å²) in [5.74, 6) is 0. The van der Waals surface area contributed by atoms with Gasteiger partial charge < -0.3 is 10.1 Å². The lowest BCUT2D eigenvalue weighted by Crippen LogP contribution is -2.41. The Balaban J connectivity index is 2.21. The van der Waals surface area contributed by atoms with E-state index in [0.717, 1.165) is 0 Å². The van der Waals surface area contributed by atoms with Gasteiger partial charge in [-0.1, -0.05) is 55.5 Å². The quantitative estimate of drug-likeness (QED) is 0.754. The standard InChI is InChI=1S/C17H20N2O4S/c1-2-13-23-17(20)18-16(14-9-5-3-6-10-14)19-24(21,22)15-11-7-4-8-12-15/h3-12,16,19H,2,13H2,1H3,(H,18,20)/t16-/m0/s1. The molecule has 6 nitrogen and oxygen atoms in total. The molecule has 0 aliphatic rings. The van der Waals surface area contributed by atoms with Gasteiger partial charge in [0.05, 0.1) is 11.5 Å². The predicted octanol–water partition coefficient (Wildman–Crippen LogP) is 2.80. The molecule has 2 N–H and O–H groups in total. The number of alkyl carbamates (subject to hydrolysis) is 1. The predicted molar refractivity (Wildman–Crippen MR) is 90.7 cm³/mol. The van der Waals surface area contributed by atoms with Gasteiger partial charge in [0, 0.05) is 0 Å². The van der Waals surface area contributed by atoms with E-state index < -0.39 is 22.3 Å². The SMILES string of the molecule is CCCOC(=O)N[C@@H](NS(=O)(=O)c1ccccc1)c1ccccc1. The van der Waals surface area contributed by atoms with Crippen LogP contribution in [0.15, 0.2) is 65.6 Å². The van der Waals surface area contributed by atoms with Crippen LogP contribution in [0.1, 0.15) is 25.1 Å². The largest absolute Gasteiger partial charge is 0.450 e. The third-order valence-electron chi connectivity index (χ3n) is 3.16. The highest BCUT2D eigenvalue weighted by Crippen LogP contribution is 2.15. The molecule has 0 radical (unpaired) electrons. The summed E-state index contributed by atoms with van der Waals surface area (Å²) in [4.78, 5) is 12.0. The van der Waals surface area contributed by atoms with Crippen molar-refractivity contribution in [3.8, 4) is 0 Å². The van der Waals surface area contributed by atoms with Gasteiger partial charge in [0.25, 0.3) is 0 Å². The maximum atomic E-state index is 12.5. The Morgan fingerprint density at radius 2 is 1.62 bits per heavy atom. The molecule has 2 aromatic carbocycles. The van der Waals surface area contributed by atoms with E-state index >= 15 is 0 Å². The Bertz CT molecular complexity index is 749. The van der Waals surface area contributed by atoms with Crippen LogP contribution in [-0.4, -0.2) is 21.1 Å². The highest BCUT2D eigenvalue weighted by molar-refractivity contribution is 7.89. The van der Waals surface area contributed by atoms with E-state index in [4.69, 9.17) is 4.74 Å². The van der Waals surface area contributed by atoms with E-state index in [1.807, 2.05) is 13.0 Å². The molecule has 0 spiro atoms. The van der Waals surface area contributed by atoms with Crippen LogP contribution in [0.2, 0.25) is 0 Å². The van der Waals surface area contributed by atoms with Crippen molar-refractivity contribution in [3.63, 3.8) is 0 Å². The van der Waals surface area contributed by atoms with Gasteiger partial charge in [-0.05, 0) is 24.1 Å². The van der Waals surface area contributed by atoms with Gasteiger partial charge in [-0.2, -0.15) is 4.72 Å². The molecule has 2 rings (SSSR count). The van der Waals surface area contributed by atoms with E-state index in [1.165, 1.54) is 12.1 Å². The van der Waals surface area contributed by atoms with Gasteiger partial charge in [0.15, 0.2) is 0 Å². The summed E-state index contributed by atoms with van der Waals surface area (Å²) in [5.41, 5.74) is 0.602. The van der Waals surface area contributed by atoms with Crippen LogP contribution in [0.5, 0.6) is 0 Å². The molecule has 0 heterocycles. The summed E-state index contributed by atoms with van der Waals surface area (Å²) in [6, 6.07) is 16.7. The average molecular weight is 348 g/mol. The third-order valence-corrected chi connectivity index (χ3v) is 4.60. The van der Waals surface area contributed by atoms with E-state index in [-0.39, 0.29) is 11.5 Å². The Morgan fingerprint density at radius 3 is 2.21 bits per heavy atom. The zero-order chi connectivity index (χ0) is 17.4. The summed E-state index contributed by atoms with van der Waals surface area (Å²) in [7, 11) is -3.79. The minimum Gasteiger partial charge on any atom is -0.450 e. The summed E-state index contributed by atoms with van der Waals surface area (Å²) in [6.07, 6.45) is -0.929. The monoisotopic (exact) mass is 348 g/mol. The molecule has 128 valence electrons. The van der Waals surface area contributed by atoms with Gasteiger partial charge in [0.2, 0.25) is 10.0 Å². The molecule has 2 aromatic rings. The van der Waals surface area contributed by atoms with Crippen LogP contribution in [0.3, 0.4) is 0 Å². The molecule has 1 atom stereocenters. The number of hydrogen-bond acceptors (Lipinski definition) is 4. The molecule has 7 heteroatoms. The van der Waals surface area contributed by atoms with Crippen LogP contribution in [-0.2, 0) is 14.8 Å². The lowest BCUT2D eigenvalue weighted by Gasteiger charge is -2.20. The lowest BCUT2D eigenvalue weighted by molar-refractivity contribution is 0.141. The first-order chi connectivity index (χ1) is 11.5. The molecule has 0 aromatic heterocycles. The second-order valence-corrected chi connectivity index (χ2v) is 6.77. The van der Waals surface area contributed by atoms with Crippen molar-refractivity contribution >= 4 is 16.1 Å². The Hall–Kier alpha value is -2.38. The second kappa shape index (κ2) is 8.47. The Kier molecular flexibility index (Phi) is 6.34. The Labute approximate surface area is 141 Å². The van der Waals surface area contributed by atoms with Crippen molar-refractivity contribution in [2.45, 2.75) is 24.4 Å². The van der Waals surface area contributed by atoms with Crippen molar-refractivity contribution in [2.24, 2.45) is 0 Å². The van der Waals surface area contributed by atoms with Crippen molar-refractivity contribution in [2.75, 3.05) is 6.61 Å². The fraction of sp³-hybridized carbons (Fsp3) is 0.235. The van der Waals surface area contributed by atoms with Gasteiger partial charge in [-0.15, -0.1) is 0 Å². The number of ether oxygens (including phenoxy) is 1. The third kappa shape index (κ3) is 5.07. The molecule has 0 bridgehead atoms. The average Bonchev–Trinajstić information content (AvgIpc) is 2.61. The number of sulfonamides is 1. The van der Waals surface area contributed by atoms with Gasteiger partial charge in [-0.25, -0.2) is 13.2 Å². The van der Waals surface area contributed by atoms with Crippen molar-refractivity contribution < 1.29 is 17.9 Å². The van der Waals surface area contributed by atoms with Crippen LogP contribution in [0.4, 0.5) is 4.79 Å². The van der Waals surface area contributed by atoms with E-state index in [1.54, 1.807) is 42.5 Å². The minimum atomic E-state index is -3.79. The van der Waals surface area contributed by atoms with Crippen LogP contribution in [0, 0.1) is 0 Å². The summed E-state index contributed by atoms with van der Waals surface area (Å²) in [5, 5.41) is 2.54. The first-order valence-corrected chi connectivity index (χ1v) is 9.07. The lowest BCUT2D eigenvalue weighted by atomic mass is 10.2. The fourth-order valence-electron chi connectivity index (χ4n) is 2.00. The fourth-order valence-corrected chi connectivity index (χ4v) is 3.16. The highest BCUT2D eigenvalue weighted by atomic mass is 32.2. The van der Waals surface area contributed by atoms with Gasteiger partial charge >= 0.3 is 6.09 Å². The molecule has 0 saturated heterocycles. The normalized spacial score (nSPS) is 12.4. The van der Waals surface area contributed by atoms with Gasteiger partial charge in [0.1, 0.15) is 6.17 Å². The number of carbonyl (C=O) groups is 1. The minimum absolute atomic E-state index is 0.120. The number of benzene rings is 2. The number of nitrogens with one attached hydrogen (secondary N) is 2. The summed E-state index contributed by atoms with van der Waals surface area (Å²) in [6.45, 7) is 2.14. The zero-order valence-corrected chi connectivity index (χ0v) is 14.1. The molecule has 1 amide bonds. The number of amides is 1. The van der Waals surface area contributed by atoms with E-state index in [0.29, 0.717) is 12.0 Å². The van der Waals surface area contributed by atoms with Crippen LogP contribution < -0.4 is 10.0 Å². The number of rotatable bonds is 7. The van der Waals surface area contributed by atoms with Crippen molar-refractivity contribution in [1.82, 2.24) is 10.0 Å². The van der Waals surface area contributed by atoms with Crippen LogP contribution in [0.25, 0.3) is 0 Å². The van der Waals surface area contributed by atoms with E-state index in [9.17, 15) is 13.2 Å². The smallest absolute Gasteiger partial charge is 0.408 e. The second-order valence-electron chi connectivity index (χ2n) is 5.06. The molecular weight excluding hydrogens is 328 g/mol. The topological polar surface area (TPSA) is 84.5 Å². The summed E-state index contributed by atoms with van der Waals surface area (Å²) < 4.78 is 32.5. The first-order valence-electron chi connectivity index (χ1n) is 7.58. The van der Waals surface area contributed by atoms with E-state index in [2.05, 4.69) is 10.0 Å². The molecule has 0 fully saturated rings. The molecule has 0 unspecified atom stereocenters. The number of hydrogen-bond donors (Lipinski definition) is 2. The number of carbonyl (C=O) groups excluding carboxylic acids is 1. The maximum absolute atomic E-state index is 12.5. The molecule has 0 aliphatic heterocycles. The van der Waals surface area contributed by atoms with Crippen molar-refractivity contribution in [3.05, 3.63) is 66.2 Å². The molecule has 24 heavy (non-hydrogen) atoms. The molecule has 0 saturated carbocycles. The first kappa shape index (κ1) is 18.0. The molecular formula is C17H20N2O4S.